The summed E-state index contributed by atoms with van der Waals surface area (Å²) >= 11 is 0. The van der Waals surface area contributed by atoms with Crippen LogP contribution in [0.4, 0.5) is 0 Å². The molecule has 0 unspecified atom stereocenters. The molecule has 2 heterocycles. The van der Waals surface area contributed by atoms with Crippen LogP contribution in [0.1, 0.15) is 62.7 Å². The van der Waals surface area contributed by atoms with Crippen molar-refractivity contribution in [1.82, 2.24) is 19.7 Å². The lowest BCUT2D eigenvalue weighted by molar-refractivity contribution is 0.0700. The molecule has 2 aromatic heterocycles. The summed E-state index contributed by atoms with van der Waals surface area (Å²) in [5, 5.41) is 15.3. The summed E-state index contributed by atoms with van der Waals surface area (Å²) in [4.78, 5) is 9.27. The fourth-order valence-corrected chi connectivity index (χ4v) is 3.54. The summed E-state index contributed by atoms with van der Waals surface area (Å²) in [5.41, 5.74) is 3.17. The molecule has 1 N–H and O–H groups in total. The number of aliphatic hydroxyl groups is 1. The molecule has 5 nitrogen and oxygen atoms in total. The first kappa shape index (κ1) is 17.1. The molecule has 0 saturated heterocycles. The largest absolute Gasteiger partial charge is 0.391 e. The Hall–Kier alpha value is -1.75. The van der Waals surface area contributed by atoms with Crippen LogP contribution in [0.3, 0.4) is 0 Å². The third-order valence-electron chi connectivity index (χ3n) is 4.76. The number of aryl methyl sites for hydroxylation is 2. The second-order valence-corrected chi connectivity index (χ2v) is 7.45. The molecule has 1 aliphatic rings. The highest BCUT2D eigenvalue weighted by Gasteiger charge is 2.29. The summed E-state index contributed by atoms with van der Waals surface area (Å²) < 4.78 is 1.97. The number of hydrogen-bond donors (Lipinski definition) is 1. The van der Waals surface area contributed by atoms with E-state index in [-0.39, 0.29) is 12.1 Å². The Balaban J connectivity index is 2.06. The van der Waals surface area contributed by atoms with Gasteiger partial charge in [0.05, 0.1) is 12.1 Å². The summed E-state index contributed by atoms with van der Waals surface area (Å²) in [6.07, 6.45) is 6.41. The smallest absolute Gasteiger partial charge is 0.160 e. The first-order chi connectivity index (χ1) is 11.5. The van der Waals surface area contributed by atoms with Crippen molar-refractivity contribution < 1.29 is 5.11 Å². The highest BCUT2D eigenvalue weighted by Crippen LogP contribution is 2.33. The van der Waals surface area contributed by atoms with Crippen molar-refractivity contribution >= 4 is 0 Å². The van der Waals surface area contributed by atoms with E-state index in [0.29, 0.717) is 5.92 Å². The normalized spacial score (nSPS) is 21.4. The van der Waals surface area contributed by atoms with E-state index in [1.807, 2.05) is 17.8 Å². The highest BCUT2D eigenvalue weighted by molar-refractivity contribution is 5.59. The Morgan fingerprint density at radius 3 is 2.67 bits per heavy atom. The fraction of sp³-hybridized carbons (Fsp3) is 0.632. The maximum absolute atomic E-state index is 10.5. The molecule has 24 heavy (non-hydrogen) atoms. The molecule has 5 heteroatoms. The fourth-order valence-electron chi connectivity index (χ4n) is 3.54. The van der Waals surface area contributed by atoms with E-state index in [1.54, 1.807) is 0 Å². The highest BCUT2D eigenvalue weighted by atomic mass is 16.3. The standard InChI is InChI=1S/C19H28N4O/c1-12(2)9-18-21-19(15-11-20-14(4)10-13(15)3)23(22-18)16-7-5-6-8-17(16)24/h10-12,16-17,24H,5-9H2,1-4H3/t16-,17-/m1/s1. The van der Waals surface area contributed by atoms with Crippen molar-refractivity contribution in [3.63, 3.8) is 0 Å². The van der Waals surface area contributed by atoms with E-state index in [1.165, 1.54) is 0 Å². The van der Waals surface area contributed by atoms with Gasteiger partial charge in [0.15, 0.2) is 11.6 Å². The van der Waals surface area contributed by atoms with Crippen LogP contribution < -0.4 is 0 Å². The summed E-state index contributed by atoms with van der Waals surface area (Å²) in [6, 6.07) is 2.09. The maximum atomic E-state index is 10.5. The molecule has 2 aromatic rings. The van der Waals surface area contributed by atoms with E-state index in [9.17, 15) is 5.11 Å². The molecule has 0 aliphatic heterocycles. The van der Waals surface area contributed by atoms with Gasteiger partial charge in [-0.1, -0.05) is 26.7 Å². The van der Waals surface area contributed by atoms with Crippen molar-refractivity contribution in [2.24, 2.45) is 5.92 Å². The number of hydrogen-bond acceptors (Lipinski definition) is 4. The van der Waals surface area contributed by atoms with Gasteiger partial charge in [-0.2, -0.15) is 5.10 Å². The average molecular weight is 328 g/mol. The van der Waals surface area contributed by atoms with Crippen molar-refractivity contribution in [1.29, 1.82) is 0 Å². The first-order valence-corrected chi connectivity index (χ1v) is 9.02. The lowest BCUT2D eigenvalue weighted by Crippen LogP contribution is -2.29. The van der Waals surface area contributed by atoms with Gasteiger partial charge < -0.3 is 5.11 Å². The Kier molecular flexibility index (Phi) is 4.99. The van der Waals surface area contributed by atoms with Crippen molar-refractivity contribution in [2.45, 2.75) is 71.9 Å². The van der Waals surface area contributed by atoms with Crippen LogP contribution >= 0.6 is 0 Å². The summed E-state index contributed by atoms with van der Waals surface area (Å²) in [5.74, 6) is 2.21. The average Bonchev–Trinajstić information content (AvgIpc) is 2.90. The number of nitrogens with zero attached hydrogens (tertiary/aromatic N) is 4. The molecule has 0 bridgehead atoms. The van der Waals surface area contributed by atoms with Gasteiger partial charge in [-0.15, -0.1) is 0 Å². The number of rotatable bonds is 4. The van der Waals surface area contributed by atoms with E-state index in [2.05, 4.69) is 31.8 Å². The Labute approximate surface area is 144 Å². The molecule has 130 valence electrons. The van der Waals surface area contributed by atoms with Gasteiger partial charge in [0, 0.05) is 23.9 Å². The monoisotopic (exact) mass is 328 g/mol. The van der Waals surface area contributed by atoms with Gasteiger partial charge in [-0.25, -0.2) is 9.67 Å². The number of aliphatic hydroxyl groups excluding tert-OH is 1. The predicted octanol–water partition coefficient (Wildman–Crippen LogP) is 3.63. The van der Waals surface area contributed by atoms with Gasteiger partial charge in [-0.05, 0) is 44.2 Å². The Bertz CT molecular complexity index is 707. The van der Waals surface area contributed by atoms with E-state index < -0.39 is 0 Å². The van der Waals surface area contributed by atoms with Gasteiger partial charge in [0.1, 0.15) is 0 Å². The molecular weight excluding hydrogens is 300 g/mol. The number of pyridine rings is 1. The molecule has 2 atom stereocenters. The molecule has 0 spiro atoms. The Morgan fingerprint density at radius 2 is 2.00 bits per heavy atom. The maximum Gasteiger partial charge on any atom is 0.160 e. The topological polar surface area (TPSA) is 63.8 Å². The van der Waals surface area contributed by atoms with Gasteiger partial charge in [0.25, 0.3) is 0 Å². The van der Waals surface area contributed by atoms with E-state index in [4.69, 9.17) is 10.1 Å². The van der Waals surface area contributed by atoms with Gasteiger partial charge in [-0.3, -0.25) is 4.98 Å². The lowest BCUT2D eigenvalue weighted by Gasteiger charge is -2.28. The predicted molar refractivity (Wildman–Crippen MR) is 94.8 cm³/mol. The van der Waals surface area contributed by atoms with E-state index in [0.717, 1.165) is 60.6 Å². The van der Waals surface area contributed by atoms with Gasteiger partial charge >= 0.3 is 0 Å². The van der Waals surface area contributed by atoms with Crippen LogP contribution in [-0.4, -0.2) is 31.0 Å². The van der Waals surface area contributed by atoms with Crippen LogP contribution in [0.15, 0.2) is 12.3 Å². The molecule has 1 saturated carbocycles. The van der Waals surface area contributed by atoms with Gasteiger partial charge in [0.2, 0.25) is 0 Å². The zero-order valence-corrected chi connectivity index (χ0v) is 15.2. The van der Waals surface area contributed by atoms with Crippen LogP contribution in [0.2, 0.25) is 0 Å². The van der Waals surface area contributed by atoms with Crippen LogP contribution in [0.25, 0.3) is 11.4 Å². The lowest BCUT2D eigenvalue weighted by atomic mass is 9.92. The molecule has 0 radical (unpaired) electrons. The molecule has 3 rings (SSSR count). The number of aromatic nitrogens is 4. The zero-order valence-electron chi connectivity index (χ0n) is 15.2. The summed E-state index contributed by atoms with van der Waals surface area (Å²) in [7, 11) is 0. The molecular formula is C19H28N4O. The molecule has 0 aromatic carbocycles. The first-order valence-electron chi connectivity index (χ1n) is 9.02. The molecule has 0 amide bonds. The van der Waals surface area contributed by atoms with Crippen LogP contribution in [0, 0.1) is 19.8 Å². The van der Waals surface area contributed by atoms with E-state index >= 15 is 0 Å². The quantitative estimate of drug-likeness (QED) is 0.931. The van der Waals surface area contributed by atoms with Crippen molar-refractivity contribution in [3.05, 3.63) is 29.3 Å². The minimum atomic E-state index is -0.343. The van der Waals surface area contributed by atoms with Crippen LogP contribution in [-0.2, 0) is 6.42 Å². The second-order valence-electron chi connectivity index (χ2n) is 7.45. The van der Waals surface area contributed by atoms with Crippen LogP contribution in [0.5, 0.6) is 0 Å². The minimum Gasteiger partial charge on any atom is -0.391 e. The molecule has 1 fully saturated rings. The van der Waals surface area contributed by atoms with Crippen molar-refractivity contribution in [3.8, 4) is 11.4 Å². The molecule has 1 aliphatic carbocycles. The Morgan fingerprint density at radius 1 is 1.25 bits per heavy atom. The summed E-state index contributed by atoms with van der Waals surface area (Å²) in [6.45, 7) is 8.43. The van der Waals surface area contributed by atoms with Crippen molar-refractivity contribution in [2.75, 3.05) is 0 Å². The SMILES string of the molecule is Cc1cc(C)c(-c2nc(CC(C)C)nn2[C@@H]2CCCC[C@H]2O)cn1. The minimum absolute atomic E-state index is 0.0165. The second kappa shape index (κ2) is 7.01. The third-order valence-corrected chi connectivity index (χ3v) is 4.76. The third kappa shape index (κ3) is 3.51. The zero-order chi connectivity index (χ0) is 17.3.